The molecule has 0 aromatic heterocycles. The van der Waals surface area contributed by atoms with Crippen molar-refractivity contribution in [1.82, 2.24) is 9.62 Å². The predicted octanol–water partition coefficient (Wildman–Crippen LogP) is 1.06. The van der Waals surface area contributed by atoms with Crippen molar-refractivity contribution in [2.45, 2.75) is 0 Å². The van der Waals surface area contributed by atoms with Gasteiger partial charge in [0, 0.05) is 14.1 Å². The van der Waals surface area contributed by atoms with Gasteiger partial charge in [0.05, 0.1) is 11.2 Å². The highest BCUT2D eigenvalue weighted by Crippen LogP contribution is 2.10. The number of nitrogens with zero attached hydrogens (tertiary/aromatic N) is 1. The number of hydrogen-bond donors (Lipinski definition) is 1. The Hall–Kier alpha value is -0.0900. The van der Waals surface area contributed by atoms with Crippen LogP contribution < -0.4 is 5.32 Å². The van der Waals surface area contributed by atoms with Crippen LogP contribution in [0.25, 0.3) is 0 Å². The van der Waals surface area contributed by atoms with E-state index in [2.05, 4.69) is 5.32 Å². The highest BCUT2D eigenvalue weighted by atomic mass is 35.7. The van der Waals surface area contributed by atoms with Crippen LogP contribution in [0.4, 0.5) is 4.79 Å². The number of carbonyl (C=O) groups excluding carboxylic acids is 1. The van der Waals surface area contributed by atoms with E-state index in [1.165, 1.54) is 4.31 Å². The van der Waals surface area contributed by atoms with Gasteiger partial charge in [-0.15, -0.1) is 0 Å². The molecule has 0 bridgehead atoms. The molecule has 0 saturated carbocycles. The van der Waals surface area contributed by atoms with Crippen molar-refractivity contribution >= 4 is 27.9 Å². The van der Waals surface area contributed by atoms with E-state index in [9.17, 15) is 4.79 Å². The van der Waals surface area contributed by atoms with Gasteiger partial charge >= 0.3 is 6.03 Å². The first kappa shape index (κ1) is 7.91. The number of halogens is 1. The maximum Gasteiger partial charge on any atom is 0.327 e. The number of urea groups is 1. The Morgan fingerprint density at radius 1 is 1.88 bits per heavy atom. The van der Waals surface area contributed by atoms with Crippen LogP contribution >= 0.6 is 21.8 Å². The lowest BCUT2D eigenvalue weighted by Gasteiger charge is -2.08. The van der Waals surface area contributed by atoms with Crippen LogP contribution in [0.2, 0.25) is 0 Å². The smallest absolute Gasteiger partial charge is 0.327 e. The number of carbonyl (C=O) groups is 1. The molecule has 0 saturated heterocycles. The summed E-state index contributed by atoms with van der Waals surface area (Å²) >= 11 is 0.851. The second-order valence-corrected chi connectivity index (χ2v) is 2.22. The summed E-state index contributed by atoms with van der Waals surface area (Å²) in [4.78, 5) is 10.5. The molecule has 0 heterocycles. The van der Waals surface area contributed by atoms with Crippen molar-refractivity contribution in [3.8, 4) is 0 Å². The fourth-order valence-corrected chi connectivity index (χ4v) is 0.531. The van der Waals surface area contributed by atoms with Gasteiger partial charge in [-0.3, -0.25) is 4.31 Å². The summed E-state index contributed by atoms with van der Waals surface area (Å²) in [5.41, 5.74) is 0. The van der Waals surface area contributed by atoms with Gasteiger partial charge in [-0.05, 0) is 10.7 Å². The minimum Gasteiger partial charge on any atom is -0.340 e. The molecule has 1 N–H and O–H groups in total. The molecule has 2 amide bonds. The van der Waals surface area contributed by atoms with Crippen molar-refractivity contribution < 1.29 is 4.79 Å². The fourth-order valence-electron chi connectivity index (χ4n) is 0.189. The van der Waals surface area contributed by atoms with E-state index >= 15 is 0 Å². The molecule has 0 spiro atoms. The average molecular weight is 155 g/mol. The van der Waals surface area contributed by atoms with E-state index < -0.39 is 0 Å². The van der Waals surface area contributed by atoms with E-state index in [1.807, 2.05) is 0 Å². The van der Waals surface area contributed by atoms with Gasteiger partial charge < -0.3 is 5.32 Å². The first-order chi connectivity index (χ1) is 3.72. The molecule has 0 aromatic rings. The van der Waals surface area contributed by atoms with Crippen LogP contribution in [0.3, 0.4) is 0 Å². The predicted molar refractivity (Wildman–Crippen MR) is 35.7 cm³/mol. The molecular formula is C3H7ClN2OS. The summed E-state index contributed by atoms with van der Waals surface area (Å²) in [6.45, 7) is 0. The third-order valence-corrected chi connectivity index (χ3v) is 1.60. The SMILES string of the molecule is CNC(=O)N(C)SCl. The molecule has 0 fully saturated rings. The van der Waals surface area contributed by atoms with Crippen molar-refractivity contribution in [3.05, 3.63) is 0 Å². The largest absolute Gasteiger partial charge is 0.340 e. The third kappa shape index (κ3) is 2.28. The Labute approximate surface area is 57.0 Å². The second-order valence-electron chi connectivity index (χ2n) is 1.12. The standard InChI is InChI=1S/C3H7ClN2OS/c1-5-3(7)6(2)8-4/h1-2H3,(H,5,7). The van der Waals surface area contributed by atoms with E-state index in [4.69, 9.17) is 10.7 Å². The minimum atomic E-state index is -0.204. The van der Waals surface area contributed by atoms with Gasteiger partial charge in [-0.2, -0.15) is 0 Å². The van der Waals surface area contributed by atoms with Gasteiger partial charge in [-0.25, -0.2) is 4.79 Å². The Bertz CT molecular complexity index is 89.4. The summed E-state index contributed by atoms with van der Waals surface area (Å²) in [5, 5.41) is 2.40. The fraction of sp³-hybridized carbons (Fsp3) is 0.667. The highest BCUT2D eigenvalue weighted by molar-refractivity contribution is 8.19. The first-order valence-corrected chi connectivity index (χ1v) is 3.56. The van der Waals surface area contributed by atoms with Crippen molar-refractivity contribution in [1.29, 1.82) is 0 Å². The van der Waals surface area contributed by atoms with Crippen LogP contribution in [0.5, 0.6) is 0 Å². The van der Waals surface area contributed by atoms with Crippen LogP contribution in [0, 0.1) is 0 Å². The molecule has 0 atom stereocenters. The summed E-state index contributed by atoms with van der Waals surface area (Å²) in [6.07, 6.45) is 0. The monoisotopic (exact) mass is 154 g/mol. The molecule has 0 unspecified atom stereocenters. The summed E-state index contributed by atoms with van der Waals surface area (Å²) in [6, 6.07) is -0.204. The molecule has 0 aliphatic rings. The lowest BCUT2D eigenvalue weighted by atomic mass is 11.0. The molecule has 8 heavy (non-hydrogen) atoms. The first-order valence-electron chi connectivity index (χ1n) is 1.96. The van der Waals surface area contributed by atoms with Crippen LogP contribution in [0.15, 0.2) is 0 Å². The third-order valence-electron chi connectivity index (χ3n) is 0.603. The number of nitrogens with one attached hydrogen (secondary N) is 1. The lowest BCUT2D eigenvalue weighted by molar-refractivity contribution is 0.233. The number of rotatable bonds is 1. The molecule has 5 heteroatoms. The molecule has 0 aliphatic heterocycles. The molecule has 48 valence electrons. The van der Waals surface area contributed by atoms with Gasteiger partial charge in [0.1, 0.15) is 0 Å². The summed E-state index contributed by atoms with van der Waals surface area (Å²) in [5.74, 6) is 0. The molecule has 0 rings (SSSR count). The summed E-state index contributed by atoms with van der Waals surface area (Å²) < 4.78 is 1.28. The van der Waals surface area contributed by atoms with Crippen LogP contribution in [-0.2, 0) is 0 Å². The molecule has 0 aromatic carbocycles. The second kappa shape index (κ2) is 3.86. The van der Waals surface area contributed by atoms with Gasteiger partial charge in [0.2, 0.25) is 0 Å². The topological polar surface area (TPSA) is 32.3 Å². The van der Waals surface area contributed by atoms with Gasteiger partial charge in [-0.1, -0.05) is 0 Å². The zero-order valence-corrected chi connectivity index (χ0v) is 6.21. The van der Waals surface area contributed by atoms with Crippen molar-refractivity contribution in [2.24, 2.45) is 0 Å². The number of amides is 2. The Balaban J connectivity index is 3.46. The minimum absolute atomic E-state index is 0.204. The molecule has 3 nitrogen and oxygen atoms in total. The van der Waals surface area contributed by atoms with Crippen LogP contribution in [0.1, 0.15) is 0 Å². The van der Waals surface area contributed by atoms with E-state index in [0.29, 0.717) is 0 Å². The van der Waals surface area contributed by atoms with E-state index in [-0.39, 0.29) is 6.03 Å². The quantitative estimate of drug-likeness (QED) is 0.573. The highest BCUT2D eigenvalue weighted by Gasteiger charge is 2.02. The van der Waals surface area contributed by atoms with Gasteiger partial charge in [0.15, 0.2) is 0 Å². The van der Waals surface area contributed by atoms with Crippen molar-refractivity contribution in [3.63, 3.8) is 0 Å². The van der Waals surface area contributed by atoms with Gasteiger partial charge in [0.25, 0.3) is 0 Å². The van der Waals surface area contributed by atoms with E-state index in [0.717, 1.165) is 11.2 Å². The zero-order chi connectivity index (χ0) is 6.57. The average Bonchev–Trinajstić information content (AvgIpc) is 1.84. The van der Waals surface area contributed by atoms with Crippen molar-refractivity contribution in [2.75, 3.05) is 14.1 Å². The molecule has 0 radical (unpaired) electrons. The Morgan fingerprint density at radius 2 is 2.38 bits per heavy atom. The van der Waals surface area contributed by atoms with Crippen LogP contribution in [-0.4, -0.2) is 24.4 Å². The van der Waals surface area contributed by atoms with E-state index in [1.54, 1.807) is 14.1 Å². The Kier molecular flexibility index (Phi) is 3.81. The normalized spacial score (nSPS) is 8.38. The summed E-state index contributed by atoms with van der Waals surface area (Å²) in [7, 11) is 8.33. The zero-order valence-electron chi connectivity index (χ0n) is 4.64. The maximum atomic E-state index is 10.5. The lowest BCUT2D eigenvalue weighted by Crippen LogP contribution is -2.28. The Morgan fingerprint density at radius 3 is 2.50 bits per heavy atom. The molecular weight excluding hydrogens is 148 g/mol. The molecule has 0 aliphatic carbocycles. The number of hydrogen-bond acceptors (Lipinski definition) is 2. The maximum absolute atomic E-state index is 10.5.